The number of H-pyrrole nitrogens is 1. The molecule has 1 amide bonds. The zero-order chi connectivity index (χ0) is 17.9. The van der Waals surface area contributed by atoms with Crippen LogP contribution in [0.2, 0.25) is 0 Å². The van der Waals surface area contributed by atoms with Crippen LogP contribution in [0.5, 0.6) is 0 Å². The molecule has 2 aromatic heterocycles. The third-order valence-electron chi connectivity index (χ3n) is 3.46. The summed E-state index contributed by atoms with van der Waals surface area (Å²) in [6.45, 7) is 0. The molecule has 4 rings (SSSR count). The number of halogens is 1. The molecule has 0 fully saturated rings. The summed E-state index contributed by atoms with van der Waals surface area (Å²) in [5.74, 6) is -0.167. The van der Waals surface area contributed by atoms with Crippen LogP contribution in [0.3, 0.4) is 0 Å². The van der Waals surface area contributed by atoms with Gasteiger partial charge < -0.3 is 10.3 Å². The molecule has 130 valence electrons. The highest BCUT2D eigenvalue weighted by Crippen LogP contribution is 2.24. The van der Waals surface area contributed by atoms with E-state index in [4.69, 9.17) is 0 Å². The van der Waals surface area contributed by atoms with Gasteiger partial charge in [-0.05, 0) is 36.4 Å². The van der Waals surface area contributed by atoms with Crippen LogP contribution in [0.1, 0.15) is 14.8 Å². The van der Waals surface area contributed by atoms with Gasteiger partial charge in [-0.25, -0.2) is 9.37 Å². The van der Waals surface area contributed by atoms with Crippen LogP contribution in [0.4, 0.5) is 10.1 Å². The van der Waals surface area contributed by atoms with Crippen molar-refractivity contribution < 1.29 is 9.18 Å². The Labute approximate surface area is 155 Å². The van der Waals surface area contributed by atoms with E-state index in [1.165, 1.54) is 47.4 Å². The van der Waals surface area contributed by atoms with Crippen molar-refractivity contribution in [3.63, 3.8) is 0 Å². The number of carbonyl (C=O) groups excluding carboxylic acids is 1. The fourth-order valence-electron chi connectivity index (χ4n) is 2.25. The molecule has 0 radical (unpaired) electrons. The summed E-state index contributed by atoms with van der Waals surface area (Å²) in [6.07, 6.45) is 0. The monoisotopic (exact) mass is 385 g/mol. The third kappa shape index (κ3) is 3.73. The molecule has 6 nitrogen and oxygen atoms in total. The molecule has 0 saturated heterocycles. The molecule has 26 heavy (non-hydrogen) atoms. The molecule has 0 spiro atoms. The minimum Gasteiger partial charge on any atom is -0.333 e. The van der Waals surface area contributed by atoms with E-state index in [-0.39, 0.29) is 16.7 Å². The number of benzene rings is 2. The average molecular weight is 385 g/mol. The van der Waals surface area contributed by atoms with Gasteiger partial charge in [0.1, 0.15) is 10.8 Å². The van der Waals surface area contributed by atoms with Crippen LogP contribution in [0.15, 0.2) is 53.7 Å². The summed E-state index contributed by atoms with van der Waals surface area (Å²) in [4.78, 5) is 19.9. The van der Waals surface area contributed by atoms with Gasteiger partial charge in [0.05, 0.1) is 16.8 Å². The fraction of sp³-hybridized carbons (Fsp3) is 0.0588. The number of amides is 1. The van der Waals surface area contributed by atoms with Crippen molar-refractivity contribution in [2.75, 3.05) is 5.32 Å². The Morgan fingerprint density at radius 1 is 1.15 bits per heavy atom. The minimum atomic E-state index is -0.367. The molecule has 0 bridgehead atoms. The highest BCUT2D eigenvalue weighted by atomic mass is 32.2. The second-order valence-corrected chi connectivity index (χ2v) is 7.34. The predicted octanol–water partition coefficient (Wildman–Crippen LogP) is 4.10. The fourth-order valence-corrected chi connectivity index (χ4v) is 3.85. The molecule has 0 unspecified atom stereocenters. The third-order valence-corrected chi connectivity index (χ3v) is 5.45. The first-order valence-corrected chi connectivity index (χ1v) is 9.44. The summed E-state index contributed by atoms with van der Waals surface area (Å²) in [5, 5.41) is 12.4. The van der Waals surface area contributed by atoms with E-state index in [0.717, 1.165) is 21.2 Å². The van der Waals surface area contributed by atoms with Crippen molar-refractivity contribution >= 4 is 45.7 Å². The lowest BCUT2D eigenvalue weighted by molar-refractivity contribution is 0.102. The highest BCUT2D eigenvalue weighted by Gasteiger charge is 2.14. The lowest BCUT2D eigenvalue weighted by Gasteiger charge is -2.01. The van der Waals surface area contributed by atoms with E-state index >= 15 is 0 Å². The number of aromatic amines is 1. The van der Waals surface area contributed by atoms with Crippen LogP contribution >= 0.6 is 23.1 Å². The van der Waals surface area contributed by atoms with Gasteiger partial charge in [-0.2, -0.15) is 0 Å². The van der Waals surface area contributed by atoms with Gasteiger partial charge in [0.25, 0.3) is 5.91 Å². The number of aromatic nitrogens is 4. The topological polar surface area (TPSA) is 83.6 Å². The molecule has 9 heteroatoms. The Bertz CT molecular complexity index is 1030. The number of para-hydroxylation sites is 2. The van der Waals surface area contributed by atoms with E-state index in [9.17, 15) is 9.18 Å². The predicted molar refractivity (Wildman–Crippen MR) is 99.9 cm³/mol. The molecular weight excluding hydrogens is 373 g/mol. The molecule has 0 saturated carbocycles. The SMILES string of the molecule is O=C(Nc1ccc(F)cc1)c1nnc(CSc2nc3ccccc3[nH]2)s1. The van der Waals surface area contributed by atoms with E-state index in [2.05, 4.69) is 25.5 Å². The van der Waals surface area contributed by atoms with Crippen molar-refractivity contribution in [1.82, 2.24) is 20.2 Å². The number of nitrogens with zero attached hydrogens (tertiary/aromatic N) is 3. The van der Waals surface area contributed by atoms with Crippen molar-refractivity contribution in [3.8, 4) is 0 Å². The Kier molecular flexibility index (Phi) is 4.63. The molecule has 2 aromatic carbocycles. The molecule has 0 aliphatic carbocycles. The number of hydrogen-bond acceptors (Lipinski definition) is 6. The van der Waals surface area contributed by atoms with Gasteiger partial charge in [-0.1, -0.05) is 35.2 Å². The number of fused-ring (bicyclic) bond motifs is 1. The second kappa shape index (κ2) is 7.22. The van der Waals surface area contributed by atoms with E-state index < -0.39 is 0 Å². The first kappa shape index (κ1) is 16.7. The number of rotatable bonds is 5. The Morgan fingerprint density at radius 3 is 2.77 bits per heavy atom. The molecule has 0 aliphatic heterocycles. The maximum absolute atomic E-state index is 12.9. The largest absolute Gasteiger partial charge is 0.333 e. The van der Waals surface area contributed by atoms with Crippen molar-refractivity contribution in [2.45, 2.75) is 10.9 Å². The molecule has 2 heterocycles. The molecule has 0 aliphatic rings. The van der Waals surface area contributed by atoms with Gasteiger partial charge in [-0.3, -0.25) is 4.79 Å². The molecular formula is C17H12FN5OS2. The van der Waals surface area contributed by atoms with E-state index in [1.54, 1.807) is 0 Å². The zero-order valence-corrected chi connectivity index (χ0v) is 14.9. The number of hydrogen-bond donors (Lipinski definition) is 2. The maximum Gasteiger partial charge on any atom is 0.286 e. The number of anilines is 1. The zero-order valence-electron chi connectivity index (χ0n) is 13.3. The first-order chi connectivity index (χ1) is 12.7. The van der Waals surface area contributed by atoms with Crippen LogP contribution in [0.25, 0.3) is 11.0 Å². The lowest BCUT2D eigenvalue weighted by atomic mass is 10.3. The van der Waals surface area contributed by atoms with Crippen LogP contribution in [0, 0.1) is 5.82 Å². The average Bonchev–Trinajstić information content (AvgIpc) is 3.28. The van der Waals surface area contributed by atoms with Crippen molar-refractivity contribution in [2.24, 2.45) is 0 Å². The number of carbonyl (C=O) groups is 1. The van der Waals surface area contributed by atoms with Crippen molar-refractivity contribution in [3.05, 3.63) is 64.4 Å². The Balaban J connectivity index is 1.39. The minimum absolute atomic E-state index is 0.259. The molecule has 2 N–H and O–H groups in total. The normalized spacial score (nSPS) is 11.0. The lowest BCUT2D eigenvalue weighted by Crippen LogP contribution is -2.11. The number of nitrogens with one attached hydrogen (secondary N) is 2. The quantitative estimate of drug-likeness (QED) is 0.506. The summed E-state index contributed by atoms with van der Waals surface area (Å²) < 4.78 is 12.9. The van der Waals surface area contributed by atoms with Gasteiger partial charge in [0.2, 0.25) is 5.01 Å². The second-order valence-electron chi connectivity index (χ2n) is 5.31. The number of imidazole rings is 1. The molecule has 4 aromatic rings. The molecule has 0 atom stereocenters. The summed E-state index contributed by atoms with van der Waals surface area (Å²) in [5.41, 5.74) is 2.39. The van der Waals surface area contributed by atoms with Gasteiger partial charge >= 0.3 is 0 Å². The number of thioether (sulfide) groups is 1. The first-order valence-electron chi connectivity index (χ1n) is 7.64. The van der Waals surface area contributed by atoms with Crippen LogP contribution in [-0.2, 0) is 5.75 Å². The standard InChI is InChI=1S/C17H12FN5OS2/c18-10-5-7-11(8-6-10)19-15(24)16-23-22-14(26-16)9-25-17-20-12-3-1-2-4-13(12)21-17/h1-8H,9H2,(H,19,24)(H,20,21). The van der Waals surface area contributed by atoms with Gasteiger partial charge in [-0.15, -0.1) is 10.2 Å². The Hall–Kier alpha value is -2.78. The van der Waals surface area contributed by atoms with E-state index in [1.807, 2.05) is 24.3 Å². The van der Waals surface area contributed by atoms with Crippen molar-refractivity contribution in [1.29, 1.82) is 0 Å². The smallest absolute Gasteiger partial charge is 0.286 e. The Morgan fingerprint density at radius 2 is 1.96 bits per heavy atom. The van der Waals surface area contributed by atoms with Gasteiger partial charge in [0, 0.05) is 5.69 Å². The summed E-state index contributed by atoms with van der Waals surface area (Å²) in [6, 6.07) is 13.4. The van der Waals surface area contributed by atoms with E-state index in [0.29, 0.717) is 11.4 Å². The summed E-state index contributed by atoms with van der Waals surface area (Å²) >= 11 is 2.72. The summed E-state index contributed by atoms with van der Waals surface area (Å²) in [7, 11) is 0. The van der Waals surface area contributed by atoms with Crippen LogP contribution < -0.4 is 5.32 Å². The van der Waals surface area contributed by atoms with Gasteiger partial charge in [0.15, 0.2) is 5.16 Å². The maximum atomic E-state index is 12.9. The highest BCUT2D eigenvalue weighted by molar-refractivity contribution is 7.98. The van der Waals surface area contributed by atoms with Crippen LogP contribution in [-0.4, -0.2) is 26.1 Å².